The second-order valence-corrected chi connectivity index (χ2v) is 7.38. The van der Waals surface area contributed by atoms with Gasteiger partial charge in [0.1, 0.15) is 4.75 Å². The highest BCUT2D eigenvalue weighted by atomic mass is 32.2. The molecule has 0 amide bonds. The van der Waals surface area contributed by atoms with E-state index in [9.17, 15) is 9.90 Å². The summed E-state index contributed by atoms with van der Waals surface area (Å²) in [7, 11) is 0. The maximum Gasteiger partial charge on any atom is 0.320 e. The Hall–Kier alpha value is -0.960. The van der Waals surface area contributed by atoms with E-state index < -0.39 is 10.7 Å². The third kappa shape index (κ3) is 1.85. The summed E-state index contributed by atoms with van der Waals surface area (Å²) in [5, 5.41) is 9.55. The lowest BCUT2D eigenvalue weighted by atomic mass is 9.51. The fourth-order valence-corrected chi connectivity index (χ4v) is 5.05. The predicted octanol–water partition coefficient (Wildman–Crippen LogP) is 3.87. The van der Waals surface area contributed by atoms with Crippen LogP contribution in [0.3, 0.4) is 0 Å². The molecule has 0 heterocycles. The van der Waals surface area contributed by atoms with Crippen LogP contribution in [0, 0.1) is 12.3 Å². The quantitative estimate of drug-likeness (QED) is 0.898. The molecule has 2 aliphatic rings. The Morgan fingerprint density at radius 1 is 1.33 bits per heavy atom. The number of benzene rings is 1. The van der Waals surface area contributed by atoms with Gasteiger partial charge in [0.25, 0.3) is 0 Å². The molecule has 0 aliphatic heterocycles. The summed E-state index contributed by atoms with van der Waals surface area (Å²) >= 11 is 1.55. The van der Waals surface area contributed by atoms with Crippen molar-refractivity contribution >= 4 is 17.7 Å². The Balaban J connectivity index is 1.78. The van der Waals surface area contributed by atoms with Gasteiger partial charge in [0, 0.05) is 4.90 Å². The molecule has 1 aromatic carbocycles. The number of carboxylic acid groups (broad SMARTS) is 1. The van der Waals surface area contributed by atoms with Crippen molar-refractivity contribution in [3.63, 3.8) is 0 Å². The molecule has 1 N–H and O–H groups in total. The fraction of sp³-hybridized carbons (Fsp3) is 0.533. The van der Waals surface area contributed by atoms with Crippen molar-refractivity contribution in [1.82, 2.24) is 0 Å². The van der Waals surface area contributed by atoms with Gasteiger partial charge < -0.3 is 5.11 Å². The van der Waals surface area contributed by atoms with Crippen LogP contribution in [0.15, 0.2) is 29.2 Å². The summed E-state index contributed by atoms with van der Waals surface area (Å²) < 4.78 is -0.561. The van der Waals surface area contributed by atoms with Crippen molar-refractivity contribution in [2.45, 2.75) is 48.7 Å². The molecule has 3 heteroatoms. The minimum atomic E-state index is -0.633. The number of carbonyl (C=O) groups is 1. The van der Waals surface area contributed by atoms with Gasteiger partial charge in [0.15, 0.2) is 0 Å². The summed E-state index contributed by atoms with van der Waals surface area (Å²) in [5.41, 5.74) is 1.58. The third-order valence-electron chi connectivity index (χ3n) is 4.43. The van der Waals surface area contributed by atoms with Gasteiger partial charge in [0.2, 0.25) is 0 Å². The minimum Gasteiger partial charge on any atom is -0.480 e. The van der Waals surface area contributed by atoms with Crippen molar-refractivity contribution in [2.75, 3.05) is 0 Å². The zero-order valence-electron chi connectivity index (χ0n) is 10.6. The topological polar surface area (TPSA) is 37.3 Å². The third-order valence-corrected chi connectivity index (χ3v) is 5.77. The molecule has 1 spiro atoms. The maximum atomic E-state index is 11.6. The Morgan fingerprint density at radius 3 is 2.56 bits per heavy atom. The Morgan fingerprint density at radius 2 is 2.06 bits per heavy atom. The van der Waals surface area contributed by atoms with E-state index in [0.29, 0.717) is 5.41 Å². The summed E-state index contributed by atoms with van der Waals surface area (Å²) in [4.78, 5) is 12.7. The molecule has 2 saturated carbocycles. The molecule has 2 nitrogen and oxygen atoms in total. The molecule has 0 radical (unpaired) electrons. The number of aliphatic carboxylic acids is 1. The van der Waals surface area contributed by atoms with Gasteiger partial charge in [-0.3, -0.25) is 4.79 Å². The minimum absolute atomic E-state index is 0.384. The van der Waals surface area contributed by atoms with Gasteiger partial charge >= 0.3 is 5.97 Å². The van der Waals surface area contributed by atoms with E-state index in [0.717, 1.165) is 17.7 Å². The molecule has 2 aliphatic carbocycles. The first-order valence-electron chi connectivity index (χ1n) is 6.53. The van der Waals surface area contributed by atoms with E-state index >= 15 is 0 Å². The van der Waals surface area contributed by atoms with Gasteiger partial charge in [-0.25, -0.2) is 0 Å². The van der Waals surface area contributed by atoms with Crippen LogP contribution in [-0.4, -0.2) is 15.8 Å². The average Bonchev–Trinajstić information content (AvgIpc) is 2.19. The number of thioether (sulfide) groups is 1. The van der Waals surface area contributed by atoms with Crippen molar-refractivity contribution in [2.24, 2.45) is 5.41 Å². The van der Waals surface area contributed by atoms with E-state index in [2.05, 4.69) is 6.07 Å². The van der Waals surface area contributed by atoms with Crippen LogP contribution < -0.4 is 0 Å². The molecule has 96 valence electrons. The molecule has 0 saturated heterocycles. The standard InChI is InChI=1S/C15H18O2S/c1-11-4-2-5-12(8-11)18-15(13(16)17)9-14(10-15)6-3-7-14/h2,4-5,8H,3,6-7,9-10H2,1H3,(H,16,17). The summed E-state index contributed by atoms with van der Waals surface area (Å²) in [6, 6.07) is 8.16. The number of hydrogen-bond acceptors (Lipinski definition) is 2. The van der Waals surface area contributed by atoms with E-state index in [1.807, 2.05) is 25.1 Å². The number of aryl methyl sites for hydroxylation is 1. The summed E-state index contributed by atoms with van der Waals surface area (Å²) in [6.45, 7) is 2.05. The first-order valence-corrected chi connectivity index (χ1v) is 7.35. The first-order chi connectivity index (χ1) is 8.54. The van der Waals surface area contributed by atoms with Crippen molar-refractivity contribution in [3.05, 3.63) is 29.8 Å². The zero-order valence-corrected chi connectivity index (χ0v) is 11.4. The summed E-state index contributed by atoms with van der Waals surface area (Å²) in [5.74, 6) is -0.633. The van der Waals surface area contributed by atoms with Crippen molar-refractivity contribution < 1.29 is 9.90 Å². The largest absolute Gasteiger partial charge is 0.480 e. The van der Waals surface area contributed by atoms with Crippen LogP contribution in [0.1, 0.15) is 37.7 Å². The molecule has 0 atom stereocenters. The Labute approximate surface area is 112 Å². The lowest BCUT2D eigenvalue weighted by molar-refractivity contribution is -0.149. The first kappa shape index (κ1) is 12.1. The van der Waals surface area contributed by atoms with Gasteiger partial charge in [-0.15, -0.1) is 11.8 Å². The molecule has 18 heavy (non-hydrogen) atoms. The van der Waals surface area contributed by atoms with Crippen LogP contribution in [0.25, 0.3) is 0 Å². The zero-order chi connectivity index (χ0) is 12.8. The highest BCUT2D eigenvalue weighted by Gasteiger charge is 2.61. The maximum absolute atomic E-state index is 11.6. The molecule has 2 fully saturated rings. The normalized spacial score (nSPS) is 23.2. The van der Waals surface area contributed by atoms with Crippen LogP contribution in [0.2, 0.25) is 0 Å². The van der Waals surface area contributed by atoms with Crippen LogP contribution in [0.4, 0.5) is 0 Å². The molecular formula is C15H18O2S. The molecule has 1 aromatic rings. The Kier molecular flexibility index (Phi) is 2.70. The van der Waals surface area contributed by atoms with Crippen molar-refractivity contribution in [3.8, 4) is 0 Å². The van der Waals surface area contributed by atoms with Crippen LogP contribution in [-0.2, 0) is 4.79 Å². The number of hydrogen-bond donors (Lipinski definition) is 1. The monoisotopic (exact) mass is 262 g/mol. The molecule has 3 rings (SSSR count). The molecular weight excluding hydrogens is 244 g/mol. The molecule has 0 unspecified atom stereocenters. The van der Waals surface area contributed by atoms with E-state index in [4.69, 9.17) is 0 Å². The van der Waals surface area contributed by atoms with Gasteiger partial charge in [-0.05, 0) is 50.2 Å². The smallest absolute Gasteiger partial charge is 0.320 e. The second kappa shape index (κ2) is 4.02. The number of carboxylic acids is 1. The predicted molar refractivity (Wildman–Crippen MR) is 72.9 cm³/mol. The molecule has 0 aromatic heterocycles. The van der Waals surface area contributed by atoms with Gasteiger partial charge in [-0.2, -0.15) is 0 Å². The SMILES string of the molecule is Cc1cccc(SC2(C(=O)O)CC3(CCC3)C2)c1. The molecule has 0 bridgehead atoms. The van der Waals surface area contributed by atoms with E-state index in [1.165, 1.54) is 24.8 Å². The summed E-state index contributed by atoms with van der Waals surface area (Å²) in [6.07, 6.45) is 5.46. The van der Waals surface area contributed by atoms with Crippen LogP contribution >= 0.6 is 11.8 Å². The highest BCUT2D eigenvalue weighted by Crippen LogP contribution is 2.65. The van der Waals surface area contributed by atoms with Crippen LogP contribution in [0.5, 0.6) is 0 Å². The second-order valence-electron chi connectivity index (χ2n) is 5.93. The van der Waals surface area contributed by atoms with Gasteiger partial charge in [-0.1, -0.05) is 24.1 Å². The van der Waals surface area contributed by atoms with Crippen molar-refractivity contribution in [1.29, 1.82) is 0 Å². The average molecular weight is 262 g/mol. The fourth-order valence-electron chi connectivity index (χ4n) is 3.36. The Bertz CT molecular complexity index is 483. The highest BCUT2D eigenvalue weighted by molar-refractivity contribution is 8.01. The lowest BCUT2D eigenvalue weighted by Crippen LogP contribution is -2.57. The number of rotatable bonds is 3. The van der Waals surface area contributed by atoms with E-state index in [-0.39, 0.29) is 0 Å². The van der Waals surface area contributed by atoms with E-state index in [1.54, 1.807) is 11.8 Å². The lowest BCUT2D eigenvalue weighted by Gasteiger charge is -2.58. The van der Waals surface area contributed by atoms with Gasteiger partial charge in [0.05, 0.1) is 0 Å².